The molecule has 0 bridgehead atoms. The first-order valence-electron chi connectivity index (χ1n) is 8.18. The Balaban J connectivity index is 1.79. The molecule has 0 spiro atoms. The summed E-state index contributed by atoms with van der Waals surface area (Å²) in [5.41, 5.74) is 0.522. The molecule has 1 atom stereocenters. The van der Waals surface area contributed by atoms with Gasteiger partial charge in [-0.2, -0.15) is 0 Å². The highest BCUT2D eigenvalue weighted by Gasteiger charge is 2.33. The summed E-state index contributed by atoms with van der Waals surface area (Å²) in [6.07, 6.45) is 11.7. The number of hydrogen-bond donors (Lipinski definition) is 1. The first-order valence-corrected chi connectivity index (χ1v) is 8.18. The second kappa shape index (κ2) is 5.94. The maximum atomic E-state index is 3.62. The molecule has 106 valence electrons. The van der Waals surface area contributed by atoms with Gasteiger partial charge in [0.15, 0.2) is 0 Å². The molecule has 0 heterocycles. The van der Waals surface area contributed by atoms with Crippen LogP contribution in [0.4, 0.5) is 0 Å². The van der Waals surface area contributed by atoms with Crippen LogP contribution in [-0.4, -0.2) is 13.1 Å². The van der Waals surface area contributed by atoms with Crippen molar-refractivity contribution in [3.63, 3.8) is 0 Å². The van der Waals surface area contributed by atoms with Gasteiger partial charge in [0, 0.05) is 6.04 Å². The molecule has 0 radical (unpaired) electrons. The van der Waals surface area contributed by atoms with Gasteiger partial charge in [0.1, 0.15) is 0 Å². The molecule has 0 aromatic rings. The highest BCUT2D eigenvalue weighted by molar-refractivity contribution is 4.87. The summed E-state index contributed by atoms with van der Waals surface area (Å²) < 4.78 is 0. The van der Waals surface area contributed by atoms with E-state index in [9.17, 15) is 0 Å². The second-order valence-corrected chi connectivity index (χ2v) is 7.91. The zero-order valence-corrected chi connectivity index (χ0v) is 13.0. The Morgan fingerprint density at radius 1 is 1.00 bits per heavy atom. The van der Waals surface area contributed by atoms with Gasteiger partial charge in [0.2, 0.25) is 0 Å². The molecular formula is C17H33N. The third-order valence-electron chi connectivity index (χ3n) is 5.75. The van der Waals surface area contributed by atoms with E-state index in [1.165, 1.54) is 51.4 Å². The standard InChI is InChI=1S/C17H33N/c1-17(2,3)15-10-8-14(9-11-15)16(18-4)12-13-6-5-7-13/h13-16,18H,5-12H2,1-4H3. The minimum Gasteiger partial charge on any atom is -0.317 e. The van der Waals surface area contributed by atoms with Gasteiger partial charge in [-0.05, 0) is 62.3 Å². The lowest BCUT2D eigenvalue weighted by molar-refractivity contribution is 0.121. The van der Waals surface area contributed by atoms with Crippen molar-refractivity contribution in [2.24, 2.45) is 23.2 Å². The van der Waals surface area contributed by atoms with Crippen molar-refractivity contribution >= 4 is 0 Å². The smallest absolute Gasteiger partial charge is 0.00949 e. The monoisotopic (exact) mass is 251 g/mol. The molecule has 2 aliphatic carbocycles. The Morgan fingerprint density at radius 3 is 2.00 bits per heavy atom. The SMILES string of the molecule is CNC(CC1CCC1)C1CCC(C(C)(C)C)CC1. The molecule has 1 N–H and O–H groups in total. The molecule has 2 fully saturated rings. The summed E-state index contributed by atoms with van der Waals surface area (Å²) in [6, 6.07) is 0.802. The molecule has 2 saturated carbocycles. The molecule has 18 heavy (non-hydrogen) atoms. The summed E-state index contributed by atoms with van der Waals surface area (Å²) in [5, 5.41) is 3.62. The van der Waals surface area contributed by atoms with E-state index in [-0.39, 0.29) is 0 Å². The quantitative estimate of drug-likeness (QED) is 0.769. The van der Waals surface area contributed by atoms with Crippen LogP contribution in [0.5, 0.6) is 0 Å². The minimum atomic E-state index is 0.522. The molecule has 0 amide bonds. The van der Waals surface area contributed by atoms with Crippen molar-refractivity contribution in [1.29, 1.82) is 0 Å². The first-order chi connectivity index (χ1) is 8.50. The zero-order chi connectivity index (χ0) is 13.2. The predicted molar refractivity (Wildman–Crippen MR) is 79.7 cm³/mol. The van der Waals surface area contributed by atoms with Crippen molar-refractivity contribution < 1.29 is 0 Å². The fourth-order valence-corrected chi connectivity index (χ4v) is 4.02. The van der Waals surface area contributed by atoms with Gasteiger partial charge in [-0.3, -0.25) is 0 Å². The Morgan fingerprint density at radius 2 is 1.61 bits per heavy atom. The average molecular weight is 251 g/mol. The summed E-state index contributed by atoms with van der Waals surface area (Å²) in [5.74, 6) is 2.95. The lowest BCUT2D eigenvalue weighted by atomic mass is 9.67. The summed E-state index contributed by atoms with van der Waals surface area (Å²) in [6.45, 7) is 7.26. The lowest BCUT2D eigenvalue weighted by Gasteiger charge is -2.41. The van der Waals surface area contributed by atoms with Gasteiger partial charge in [0.05, 0.1) is 0 Å². The number of rotatable bonds is 4. The summed E-state index contributed by atoms with van der Waals surface area (Å²) in [7, 11) is 2.18. The van der Waals surface area contributed by atoms with Crippen LogP contribution in [0.2, 0.25) is 0 Å². The third-order valence-corrected chi connectivity index (χ3v) is 5.75. The number of nitrogens with one attached hydrogen (secondary N) is 1. The van der Waals surface area contributed by atoms with E-state index in [4.69, 9.17) is 0 Å². The summed E-state index contributed by atoms with van der Waals surface area (Å²) in [4.78, 5) is 0. The Kier molecular flexibility index (Phi) is 4.75. The van der Waals surface area contributed by atoms with Crippen LogP contribution < -0.4 is 5.32 Å². The van der Waals surface area contributed by atoms with E-state index in [1.54, 1.807) is 0 Å². The van der Waals surface area contributed by atoms with Gasteiger partial charge in [-0.15, -0.1) is 0 Å². The highest BCUT2D eigenvalue weighted by Crippen LogP contribution is 2.42. The largest absolute Gasteiger partial charge is 0.317 e. The third kappa shape index (κ3) is 3.50. The Labute approximate surface area is 114 Å². The fourth-order valence-electron chi connectivity index (χ4n) is 4.02. The van der Waals surface area contributed by atoms with Crippen LogP contribution in [0.25, 0.3) is 0 Å². The van der Waals surface area contributed by atoms with Crippen molar-refractivity contribution in [2.75, 3.05) is 7.05 Å². The molecule has 0 aromatic carbocycles. The first kappa shape index (κ1) is 14.4. The maximum Gasteiger partial charge on any atom is 0.00949 e. The molecule has 1 unspecified atom stereocenters. The van der Waals surface area contributed by atoms with Crippen LogP contribution >= 0.6 is 0 Å². The summed E-state index contributed by atoms with van der Waals surface area (Å²) >= 11 is 0. The van der Waals surface area contributed by atoms with Crippen LogP contribution in [0.1, 0.15) is 72.1 Å². The molecule has 0 aromatic heterocycles. The zero-order valence-electron chi connectivity index (χ0n) is 13.0. The average Bonchev–Trinajstić information content (AvgIpc) is 2.27. The normalized spacial score (nSPS) is 32.0. The van der Waals surface area contributed by atoms with Gasteiger partial charge in [0.25, 0.3) is 0 Å². The highest BCUT2D eigenvalue weighted by atomic mass is 14.9. The maximum absolute atomic E-state index is 3.62. The topological polar surface area (TPSA) is 12.0 Å². The van der Waals surface area contributed by atoms with Crippen molar-refractivity contribution in [3.05, 3.63) is 0 Å². The van der Waals surface area contributed by atoms with E-state index in [2.05, 4.69) is 33.1 Å². The Hall–Kier alpha value is -0.0400. The van der Waals surface area contributed by atoms with Gasteiger partial charge >= 0.3 is 0 Å². The number of hydrogen-bond acceptors (Lipinski definition) is 1. The predicted octanol–water partition coefficient (Wildman–Crippen LogP) is 4.62. The second-order valence-electron chi connectivity index (χ2n) is 7.91. The van der Waals surface area contributed by atoms with Crippen LogP contribution in [-0.2, 0) is 0 Å². The molecule has 0 saturated heterocycles. The van der Waals surface area contributed by atoms with Gasteiger partial charge in [-0.25, -0.2) is 0 Å². The van der Waals surface area contributed by atoms with Crippen molar-refractivity contribution in [1.82, 2.24) is 5.32 Å². The van der Waals surface area contributed by atoms with Crippen LogP contribution in [0, 0.1) is 23.2 Å². The van der Waals surface area contributed by atoms with Crippen molar-refractivity contribution in [2.45, 2.75) is 78.2 Å². The van der Waals surface area contributed by atoms with E-state index >= 15 is 0 Å². The fraction of sp³-hybridized carbons (Fsp3) is 1.00. The molecular weight excluding hydrogens is 218 g/mol. The molecule has 2 aliphatic rings. The molecule has 0 aliphatic heterocycles. The van der Waals surface area contributed by atoms with E-state index < -0.39 is 0 Å². The van der Waals surface area contributed by atoms with Crippen LogP contribution in [0.15, 0.2) is 0 Å². The van der Waals surface area contributed by atoms with E-state index in [0.717, 1.165) is 23.8 Å². The molecule has 1 nitrogen and oxygen atoms in total. The van der Waals surface area contributed by atoms with Gasteiger partial charge < -0.3 is 5.32 Å². The molecule has 2 rings (SSSR count). The minimum absolute atomic E-state index is 0.522. The van der Waals surface area contributed by atoms with Crippen molar-refractivity contribution in [3.8, 4) is 0 Å². The Bertz CT molecular complexity index is 241. The lowest BCUT2D eigenvalue weighted by Crippen LogP contribution is -2.39. The van der Waals surface area contributed by atoms with Crippen LogP contribution in [0.3, 0.4) is 0 Å². The van der Waals surface area contributed by atoms with E-state index in [0.29, 0.717) is 5.41 Å². The van der Waals surface area contributed by atoms with Gasteiger partial charge in [-0.1, -0.05) is 40.0 Å². The molecule has 1 heteroatoms. The van der Waals surface area contributed by atoms with E-state index in [1.807, 2.05) is 0 Å².